The molecule has 0 aromatic heterocycles. The zero-order valence-corrected chi connectivity index (χ0v) is 15.2. The Morgan fingerprint density at radius 1 is 1.36 bits per heavy atom. The maximum Gasteiger partial charge on any atom is 0.264 e. The van der Waals surface area contributed by atoms with Gasteiger partial charge in [-0.3, -0.25) is 9.69 Å². The van der Waals surface area contributed by atoms with Crippen LogP contribution in [-0.4, -0.2) is 67.2 Å². The molecule has 2 saturated heterocycles. The van der Waals surface area contributed by atoms with E-state index in [-0.39, 0.29) is 17.6 Å². The average Bonchev–Trinajstić information content (AvgIpc) is 3.03. The summed E-state index contributed by atoms with van der Waals surface area (Å²) in [6.07, 6.45) is 2.66. The first-order valence-corrected chi connectivity index (χ1v) is 9.43. The number of para-hydroxylation sites is 1. The molecule has 5 nitrogen and oxygen atoms in total. The van der Waals surface area contributed by atoms with Crippen LogP contribution in [-0.2, 0) is 16.0 Å². The third-order valence-corrected chi connectivity index (χ3v) is 6.11. The number of carbonyl (C=O) groups excluding carboxylic acids is 1. The summed E-state index contributed by atoms with van der Waals surface area (Å²) < 4.78 is 11.5. The van der Waals surface area contributed by atoms with E-state index in [4.69, 9.17) is 9.47 Å². The number of likely N-dealkylation sites (tertiary alicyclic amines) is 2. The van der Waals surface area contributed by atoms with Crippen molar-refractivity contribution in [3.8, 4) is 5.75 Å². The molecule has 1 aromatic rings. The second kappa shape index (κ2) is 6.61. The van der Waals surface area contributed by atoms with Crippen molar-refractivity contribution >= 4 is 5.91 Å². The van der Waals surface area contributed by atoms with E-state index in [1.54, 1.807) is 0 Å². The maximum absolute atomic E-state index is 12.8. The number of fused-ring (bicyclic) bond motifs is 1. The molecule has 1 spiro atoms. The Morgan fingerprint density at radius 3 is 2.92 bits per heavy atom. The molecule has 136 valence electrons. The summed E-state index contributed by atoms with van der Waals surface area (Å²) in [5.74, 6) is 1.62. The zero-order chi connectivity index (χ0) is 17.4. The van der Waals surface area contributed by atoms with Gasteiger partial charge in [-0.2, -0.15) is 0 Å². The smallest absolute Gasteiger partial charge is 0.264 e. The van der Waals surface area contributed by atoms with Gasteiger partial charge in [0.05, 0.1) is 5.54 Å². The number of ether oxygens (including phenoxy) is 2. The van der Waals surface area contributed by atoms with Gasteiger partial charge in [0.25, 0.3) is 5.91 Å². The van der Waals surface area contributed by atoms with Crippen molar-refractivity contribution in [2.75, 3.05) is 39.9 Å². The summed E-state index contributed by atoms with van der Waals surface area (Å²) in [5, 5.41) is 0. The fourth-order valence-corrected chi connectivity index (χ4v) is 4.55. The van der Waals surface area contributed by atoms with E-state index in [1.165, 1.54) is 6.42 Å². The molecule has 3 heterocycles. The van der Waals surface area contributed by atoms with Crippen LogP contribution >= 0.6 is 0 Å². The van der Waals surface area contributed by atoms with Crippen LogP contribution in [0.25, 0.3) is 0 Å². The molecule has 0 N–H and O–H groups in total. The molecule has 0 radical (unpaired) electrons. The summed E-state index contributed by atoms with van der Waals surface area (Å²) in [7, 11) is 2.20. The van der Waals surface area contributed by atoms with Crippen molar-refractivity contribution in [1.29, 1.82) is 0 Å². The van der Waals surface area contributed by atoms with Crippen molar-refractivity contribution < 1.29 is 14.3 Å². The molecule has 0 unspecified atom stereocenters. The molecule has 0 saturated carbocycles. The van der Waals surface area contributed by atoms with Gasteiger partial charge in [0.1, 0.15) is 5.75 Å². The number of carbonyl (C=O) groups is 1. The monoisotopic (exact) mass is 344 g/mol. The Balaban J connectivity index is 1.35. The molecule has 1 amide bonds. The first kappa shape index (κ1) is 16.9. The van der Waals surface area contributed by atoms with Crippen molar-refractivity contribution in [3.05, 3.63) is 29.8 Å². The first-order valence-electron chi connectivity index (χ1n) is 9.43. The number of likely N-dealkylation sites (N-methyl/N-ethyl adjacent to an activating group) is 1. The number of rotatable bonds is 4. The average molecular weight is 344 g/mol. The highest BCUT2D eigenvalue weighted by molar-refractivity contribution is 5.83. The lowest BCUT2D eigenvalue weighted by Gasteiger charge is -2.58. The Hall–Kier alpha value is -1.59. The van der Waals surface area contributed by atoms with E-state index in [9.17, 15) is 4.79 Å². The van der Waals surface area contributed by atoms with Gasteiger partial charge in [-0.15, -0.1) is 0 Å². The third kappa shape index (κ3) is 3.04. The van der Waals surface area contributed by atoms with Crippen LogP contribution < -0.4 is 4.74 Å². The maximum atomic E-state index is 12.8. The van der Waals surface area contributed by atoms with Crippen molar-refractivity contribution in [3.63, 3.8) is 0 Å². The fourth-order valence-electron chi connectivity index (χ4n) is 4.55. The van der Waals surface area contributed by atoms with Crippen LogP contribution in [0.1, 0.15) is 25.3 Å². The largest absolute Gasteiger partial charge is 0.480 e. The highest BCUT2D eigenvalue weighted by atomic mass is 16.5. The van der Waals surface area contributed by atoms with Crippen LogP contribution in [0.5, 0.6) is 5.75 Å². The number of piperidine rings is 1. The predicted molar refractivity (Wildman–Crippen MR) is 95.7 cm³/mol. The number of hydrogen-bond acceptors (Lipinski definition) is 4. The standard InChI is InChI=1S/C20H28N2O3/c1-3-24-12-15-8-9-21(2)20(11-15)13-22(14-20)19(23)18-10-16-6-4-5-7-17(16)25-18/h4-7,15,18H,3,8-14H2,1-2H3/t15-,18+/m1/s1. The molecule has 2 atom stereocenters. The van der Waals surface area contributed by atoms with Crippen molar-refractivity contribution in [1.82, 2.24) is 9.80 Å². The Kier molecular flexibility index (Phi) is 4.46. The summed E-state index contributed by atoms with van der Waals surface area (Å²) >= 11 is 0. The Labute approximate surface area is 149 Å². The molecule has 1 aromatic carbocycles. The van der Waals surface area contributed by atoms with Crippen molar-refractivity contribution in [2.45, 2.75) is 37.8 Å². The molecular weight excluding hydrogens is 316 g/mol. The quantitative estimate of drug-likeness (QED) is 0.837. The second-order valence-corrected chi connectivity index (χ2v) is 7.78. The van der Waals surface area contributed by atoms with Crippen LogP contribution in [0.2, 0.25) is 0 Å². The summed E-state index contributed by atoms with van der Waals surface area (Å²) in [6.45, 7) is 6.41. The minimum absolute atomic E-state index is 0.140. The number of nitrogens with zero attached hydrogens (tertiary/aromatic N) is 2. The van der Waals surface area contributed by atoms with Gasteiger partial charge in [0.2, 0.25) is 0 Å². The van der Waals surface area contributed by atoms with E-state index in [0.717, 1.165) is 50.6 Å². The predicted octanol–water partition coefficient (Wildman–Crippen LogP) is 1.95. The normalized spacial score (nSPS) is 27.7. The van der Waals surface area contributed by atoms with Crippen LogP contribution in [0.15, 0.2) is 24.3 Å². The molecule has 0 bridgehead atoms. The number of amides is 1. The lowest BCUT2D eigenvalue weighted by atomic mass is 9.75. The van der Waals surface area contributed by atoms with Gasteiger partial charge in [0, 0.05) is 32.7 Å². The van der Waals surface area contributed by atoms with Crippen LogP contribution in [0.3, 0.4) is 0 Å². The highest BCUT2D eigenvalue weighted by Crippen LogP contribution is 2.39. The topological polar surface area (TPSA) is 42.0 Å². The lowest BCUT2D eigenvalue weighted by Crippen LogP contribution is -2.73. The molecule has 2 fully saturated rings. The fraction of sp³-hybridized carbons (Fsp3) is 0.650. The third-order valence-electron chi connectivity index (χ3n) is 6.11. The SMILES string of the molecule is CCOC[C@@H]1CCN(C)C2(C1)CN(C(=O)[C@@H]1Cc3ccccc3O1)C2. The number of benzene rings is 1. The first-order chi connectivity index (χ1) is 12.1. The van der Waals surface area contributed by atoms with Crippen molar-refractivity contribution in [2.24, 2.45) is 5.92 Å². The van der Waals surface area contributed by atoms with Gasteiger partial charge >= 0.3 is 0 Å². The molecule has 25 heavy (non-hydrogen) atoms. The van der Waals surface area contributed by atoms with Gasteiger partial charge in [-0.1, -0.05) is 18.2 Å². The number of hydrogen-bond donors (Lipinski definition) is 0. The second-order valence-electron chi connectivity index (χ2n) is 7.78. The molecule has 0 aliphatic carbocycles. The van der Waals surface area contributed by atoms with Gasteiger partial charge in [-0.05, 0) is 50.9 Å². The summed E-state index contributed by atoms with van der Waals surface area (Å²) in [4.78, 5) is 17.3. The molecule has 3 aliphatic heterocycles. The summed E-state index contributed by atoms with van der Waals surface area (Å²) in [5.41, 5.74) is 1.28. The van der Waals surface area contributed by atoms with Gasteiger partial charge < -0.3 is 14.4 Å². The molecular formula is C20H28N2O3. The Bertz CT molecular complexity index is 615. The molecule has 4 rings (SSSR count). The van der Waals surface area contributed by atoms with E-state index in [1.807, 2.05) is 36.1 Å². The van der Waals surface area contributed by atoms with E-state index >= 15 is 0 Å². The van der Waals surface area contributed by atoms with Crippen LogP contribution in [0, 0.1) is 5.92 Å². The Morgan fingerprint density at radius 2 is 2.16 bits per heavy atom. The molecule has 5 heteroatoms. The highest BCUT2D eigenvalue weighted by Gasteiger charge is 2.52. The van der Waals surface area contributed by atoms with E-state index in [0.29, 0.717) is 12.3 Å². The lowest BCUT2D eigenvalue weighted by molar-refractivity contribution is -0.157. The van der Waals surface area contributed by atoms with Gasteiger partial charge in [-0.25, -0.2) is 0 Å². The minimum Gasteiger partial charge on any atom is -0.480 e. The summed E-state index contributed by atoms with van der Waals surface area (Å²) in [6, 6.07) is 7.96. The van der Waals surface area contributed by atoms with Crippen LogP contribution in [0.4, 0.5) is 0 Å². The molecule has 3 aliphatic rings. The minimum atomic E-state index is -0.345. The zero-order valence-electron chi connectivity index (χ0n) is 15.2. The van der Waals surface area contributed by atoms with Gasteiger partial charge in [0.15, 0.2) is 6.10 Å². The van der Waals surface area contributed by atoms with E-state index < -0.39 is 0 Å². The van der Waals surface area contributed by atoms with E-state index in [2.05, 4.69) is 11.9 Å².